The molecule has 1 aliphatic heterocycles. The third kappa shape index (κ3) is 2.59. The second kappa shape index (κ2) is 5.39. The summed E-state index contributed by atoms with van der Waals surface area (Å²) in [5, 5.41) is 0. The fourth-order valence-corrected chi connectivity index (χ4v) is 2.79. The van der Waals surface area contributed by atoms with Gasteiger partial charge in [0.2, 0.25) is 0 Å². The normalized spacial score (nSPS) is 16.2. The van der Waals surface area contributed by atoms with Crippen molar-refractivity contribution in [3.63, 3.8) is 0 Å². The van der Waals surface area contributed by atoms with Gasteiger partial charge in [-0.3, -0.25) is 4.79 Å². The fraction of sp³-hybridized carbons (Fsp3) is 0.462. The van der Waals surface area contributed by atoms with Crippen LogP contribution in [-0.4, -0.2) is 30.4 Å². The van der Waals surface area contributed by atoms with Crippen molar-refractivity contribution in [2.24, 2.45) is 0 Å². The maximum atomic E-state index is 11.5. The Morgan fingerprint density at radius 3 is 2.44 bits per heavy atom. The third-order valence-electron chi connectivity index (χ3n) is 2.89. The second-order valence-electron chi connectivity index (χ2n) is 3.92. The van der Waals surface area contributed by atoms with Gasteiger partial charge in [-0.15, -0.1) is 0 Å². The average Bonchev–Trinajstić information content (AvgIpc) is 2.39. The Bertz CT molecular complexity index is 355. The van der Waals surface area contributed by atoms with E-state index in [-0.39, 0.29) is 5.78 Å². The minimum atomic E-state index is 0.223. The van der Waals surface area contributed by atoms with Crippen LogP contribution in [0.1, 0.15) is 23.7 Å². The highest BCUT2D eigenvalue weighted by molar-refractivity contribution is 7.99. The molecule has 0 unspecified atom stereocenters. The minimum Gasteiger partial charge on any atom is -0.370 e. The van der Waals surface area contributed by atoms with Crippen molar-refractivity contribution >= 4 is 23.2 Å². The van der Waals surface area contributed by atoms with E-state index in [4.69, 9.17) is 0 Å². The molecule has 1 saturated heterocycles. The Hall–Kier alpha value is -0.960. The van der Waals surface area contributed by atoms with E-state index >= 15 is 0 Å². The molecule has 0 radical (unpaired) electrons. The van der Waals surface area contributed by atoms with E-state index < -0.39 is 0 Å². The molecule has 0 aromatic heterocycles. The Labute approximate surface area is 101 Å². The van der Waals surface area contributed by atoms with Gasteiger partial charge in [0.25, 0.3) is 0 Å². The zero-order valence-corrected chi connectivity index (χ0v) is 10.4. The molecule has 2 rings (SSSR count). The Morgan fingerprint density at radius 2 is 1.88 bits per heavy atom. The van der Waals surface area contributed by atoms with Crippen molar-refractivity contribution in [1.82, 2.24) is 0 Å². The Kier molecular flexibility index (Phi) is 3.88. The zero-order chi connectivity index (χ0) is 11.4. The fourth-order valence-electron chi connectivity index (χ4n) is 1.88. The summed E-state index contributed by atoms with van der Waals surface area (Å²) in [6.45, 7) is 4.13. The zero-order valence-electron chi connectivity index (χ0n) is 9.61. The van der Waals surface area contributed by atoms with E-state index in [0.29, 0.717) is 6.42 Å². The Balaban J connectivity index is 2.09. The summed E-state index contributed by atoms with van der Waals surface area (Å²) >= 11 is 2.01. The summed E-state index contributed by atoms with van der Waals surface area (Å²) in [6, 6.07) is 8.03. The van der Waals surface area contributed by atoms with Gasteiger partial charge in [-0.1, -0.05) is 6.92 Å². The average molecular weight is 235 g/mol. The number of hydrogen-bond acceptors (Lipinski definition) is 3. The maximum absolute atomic E-state index is 11.5. The molecule has 0 bridgehead atoms. The van der Waals surface area contributed by atoms with Gasteiger partial charge in [0.15, 0.2) is 5.78 Å². The number of carbonyl (C=O) groups excluding carboxylic acids is 1. The largest absolute Gasteiger partial charge is 0.370 e. The van der Waals surface area contributed by atoms with Crippen molar-refractivity contribution in [3.05, 3.63) is 29.8 Å². The van der Waals surface area contributed by atoms with Crippen LogP contribution in [0.2, 0.25) is 0 Å². The van der Waals surface area contributed by atoms with Gasteiger partial charge in [-0.05, 0) is 24.3 Å². The molecule has 86 valence electrons. The molecular weight excluding hydrogens is 218 g/mol. The summed E-state index contributed by atoms with van der Waals surface area (Å²) < 4.78 is 0. The van der Waals surface area contributed by atoms with Gasteiger partial charge < -0.3 is 4.90 Å². The van der Waals surface area contributed by atoms with Crippen molar-refractivity contribution in [2.45, 2.75) is 13.3 Å². The molecule has 0 spiro atoms. The van der Waals surface area contributed by atoms with Crippen LogP contribution in [0.5, 0.6) is 0 Å². The van der Waals surface area contributed by atoms with Crippen LogP contribution in [0.15, 0.2) is 24.3 Å². The number of Topliss-reactive ketones (excluding diaryl/α,β-unsaturated/α-hetero) is 1. The molecule has 16 heavy (non-hydrogen) atoms. The lowest BCUT2D eigenvalue weighted by Gasteiger charge is -2.28. The van der Waals surface area contributed by atoms with Gasteiger partial charge in [-0.2, -0.15) is 11.8 Å². The first-order valence-electron chi connectivity index (χ1n) is 5.77. The summed E-state index contributed by atoms with van der Waals surface area (Å²) in [7, 11) is 0. The molecule has 1 aromatic rings. The van der Waals surface area contributed by atoms with Crippen molar-refractivity contribution in [3.8, 4) is 0 Å². The van der Waals surface area contributed by atoms with E-state index in [2.05, 4.69) is 17.0 Å². The molecule has 1 aliphatic rings. The highest BCUT2D eigenvalue weighted by atomic mass is 32.2. The lowest BCUT2D eigenvalue weighted by molar-refractivity contribution is 0.0988. The number of benzene rings is 1. The number of hydrogen-bond donors (Lipinski definition) is 0. The molecular formula is C13H17NOS. The van der Waals surface area contributed by atoms with Crippen LogP contribution >= 0.6 is 11.8 Å². The first kappa shape index (κ1) is 11.5. The number of nitrogens with zero attached hydrogens (tertiary/aromatic N) is 1. The van der Waals surface area contributed by atoms with Crippen LogP contribution in [0.4, 0.5) is 5.69 Å². The topological polar surface area (TPSA) is 20.3 Å². The highest BCUT2D eigenvalue weighted by Crippen LogP contribution is 2.20. The van der Waals surface area contributed by atoms with Crippen LogP contribution in [0.3, 0.4) is 0 Å². The predicted octanol–water partition coefficient (Wildman–Crippen LogP) is 2.83. The standard InChI is InChI=1S/C13H17NOS/c1-2-13(15)11-3-5-12(6-4-11)14-7-9-16-10-8-14/h3-6H,2,7-10H2,1H3. The first-order chi connectivity index (χ1) is 7.81. The molecule has 0 saturated carbocycles. The quantitative estimate of drug-likeness (QED) is 0.751. The molecule has 3 heteroatoms. The molecule has 1 fully saturated rings. The van der Waals surface area contributed by atoms with Gasteiger partial charge >= 0.3 is 0 Å². The first-order valence-corrected chi connectivity index (χ1v) is 6.92. The van der Waals surface area contributed by atoms with Crippen LogP contribution in [-0.2, 0) is 0 Å². The van der Waals surface area contributed by atoms with E-state index in [1.807, 2.05) is 30.8 Å². The number of carbonyl (C=O) groups is 1. The maximum Gasteiger partial charge on any atom is 0.162 e. The van der Waals surface area contributed by atoms with E-state index in [0.717, 1.165) is 18.7 Å². The Morgan fingerprint density at radius 1 is 1.25 bits per heavy atom. The van der Waals surface area contributed by atoms with E-state index in [9.17, 15) is 4.79 Å². The summed E-state index contributed by atoms with van der Waals surface area (Å²) in [6.07, 6.45) is 0.583. The molecule has 1 heterocycles. The van der Waals surface area contributed by atoms with Gasteiger partial charge in [0.05, 0.1) is 0 Å². The SMILES string of the molecule is CCC(=O)c1ccc(N2CCSCC2)cc1. The molecule has 0 atom stereocenters. The summed E-state index contributed by atoms with van der Waals surface area (Å²) in [4.78, 5) is 13.9. The molecule has 0 amide bonds. The summed E-state index contributed by atoms with van der Waals surface area (Å²) in [5.41, 5.74) is 2.07. The van der Waals surface area contributed by atoms with Crippen LogP contribution < -0.4 is 4.90 Å². The third-order valence-corrected chi connectivity index (χ3v) is 3.83. The van der Waals surface area contributed by atoms with Crippen molar-refractivity contribution < 1.29 is 4.79 Å². The minimum absolute atomic E-state index is 0.223. The van der Waals surface area contributed by atoms with E-state index in [1.165, 1.54) is 17.2 Å². The number of thioether (sulfide) groups is 1. The highest BCUT2D eigenvalue weighted by Gasteiger charge is 2.11. The predicted molar refractivity (Wildman–Crippen MR) is 70.6 cm³/mol. The monoisotopic (exact) mass is 235 g/mol. The van der Waals surface area contributed by atoms with Gasteiger partial charge in [-0.25, -0.2) is 0 Å². The molecule has 0 N–H and O–H groups in total. The van der Waals surface area contributed by atoms with Crippen LogP contribution in [0.25, 0.3) is 0 Å². The smallest absolute Gasteiger partial charge is 0.162 e. The molecule has 0 aliphatic carbocycles. The second-order valence-corrected chi connectivity index (χ2v) is 5.15. The van der Waals surface area contributed by atoms with E-state index in [1.54, 1.807) is 0 Å². The number of anilines is 1. The lowest BCUT2D eigenvalue weighted by atomic mass is 10.1. The van der Waals surface area contributed by atoms with Crippen LogP contribution in [0, 0.1) is 0 Å². The summed E-state index contributed by atoms with van der Waals surface area (Å²) in [5.74, 6) is 2.63. The van der Waals surface area contributed by atoms with Gasteiger partial charge in [0.1, 0.15) is 0 Å². The number of ketones is 1. The van der Waals surface area contributed by atoms with Crippen molar-refractivity contribution in [2.75, 3.05) is 29.5 Å². The lowest BCUT2D eigenvalue weighted by Crippen LogP contribution is -2.32. The molecule has 1 aromatic carbocycles. The molecule has 2 nitrogen and oxygen atoms in total. The van der Waals surface area contributed by atoms with Crippen molar-refractivity contribution in [1.29, 1.82) is 0 Å². The van der Waals surface area contributed by atoms with Gasteiger partial charge in [0, 0.05) is 42.3 Å². The number of rotatable bonds is 3.